The second kappa shape index (κ2) is 9.09. The first-order chi connectivity index (χ1) is 11.1. The summed E-state index contributed by atoms with van der Waals surface area (Å²) in [6.07, 6.45) is 0. The molecule has 0 saturated heterocycles. The Hall–Kier alpha value is -1.32. The summed E-state index contributed by atoms with van der Waals surface area (Å²) in [5.41, 5.74) is 0.698. The molecule has 0 aliphatic rings. The molecule has 0 saturated carbocycles. The average molecular weight is 383 g/mol. The minimum atomic E-state index is -0.156. The number of thioether (sulfide) groups is 2. The quantitative estimate of drug-likeness (QED) is 0.684. The van der Waals surface area contributed by atoms with Crippen molar-refractivity contribution in [3.63, 3.8) is 0 Å². The van der Waals surface area contributed by atoms with Gasteiger partial charge in [-0.2, -0.15) is 5.26 Å². The molecule has 0 unspecified atom stereocenters. The number of nitrogens with one attached hydrogen (secondary N) is 1. The lowest BCUT2D eigenvalue weighted by molar-refractivity contribution is -0.113. The van der Waals surface area contributed by atoms with Crippen molar-refractivity contribution in [3.05, 3.63) is 52.5 Å². The van der Waals surface area contributed by atoms with E-state index in [0.29, 0.717) is 26.4 Å². The summed E-state index contributed by atoms with van der Waals surface area (Å²) in [4.78, 5) is 13.7. The number of hydrogen-bond acceptors (Lipinski definition) is 4. The van der Waals surface area contributed by atoms with Crippen molar-refractivity contribution < 1.29 is 4.79 Å². The fraction of sp³-hybridized carbons (Fsp3) is 0.125. The van der Waals surface area contributed by atoms with Gasteiger partial charge in [0.2, 0.25) is 5.91 Å². The number of carbonyl (C=O) groups excluding carboxylic acids is 1. The summed E-state index contributed by atoms with van der Waals surface area (Å²) in [5, 5.41) is 12.6. The van der Waals surface area contributed by atoms with Crippen molar-refractivity contribution in [1.29, 1.82) is 5.26 Å². The molecule has 0 atom stereocenters. The number of benzene rings is 2. The standard InChI is InChI=1S/C16H12Cl2N2OS2/c17-11-4-3-5-12(18)16(11)23-10-15(21)20-13-6-1-2-7-14(13)22-9-8-19/h1-7H,9-10H2,(H,20,21). The zero-order valence-corrected chi connectivity index (χ0v) is 15.0. The normalized spacial score (nSPS) is 10.1. The highest BCUT2D eigenvalue weighted by molar-refractivity contribution is 8.00. The van der Waals surface area contributed by atoms with Gasteiger partial charge in [0.15, 0.2) is 0 Å². The third kappa shape index (κ3) is 5.36. The van der Waals surface area contributed by atoms with Crippen LogP contribution in [0.5, 0.6) is 0 Å². The number of anilines is 1. The predicted molar refractivity (Wildman–Crippen MR) is 98.6 cm³/mol. The first-order valence-corrected chi connectivity index (χ1v) is 9.30. The van der Waals surface area contributed by atoms with Crippen molar-refractivity contribution >= 4 is 58.3 Å². The lowest BCUT2D eigenvalue weighted by Gasteiger charge is -2.10. The van der Waals surface area contributed by atoms with Crippen LogP contribution in [0.25, 0.3) is 0 Å². The minimum absolute atomic E-state index is 0.156. The first-order valence-electron chi connectivity index (χ1n) is 6.57. The fourth-order valence-electron chi connectivity index (χ4n) is 1.75. The summed E-state index contributed by atoms with van der Waals surface area (Å²) in [6.45, 7) is 0. The van der Waals surface area contributed by atoms with Crippen LogP contribution in [0.15, 0.2) is 52.3 Å². The summed E-state index contributed by atoms with van der Waals surface area (Å²) >= 11 is 14.8. The maximum absolute atomic E-state index is 12.1. The number of amides is 1. The van der Waals surface area contributed by atoms with Gasteiger partial charge in [-0.3, -0.25) is 4.79 Å². The molecule has 1 N–H and O–H groups in total. The van der Waals surface area contributed by atoms with Gasteiger partial charge in [-0.15, -0.1) is 23.5 Å². The van der Waals surface area contributed by atoms with E-state index in [9.17, 15) is 4.79 Å². The molecule has 0 fully saturated rings. The molecule has 2 aromatic carbocycles. The summed E-state index contributed by atoms with van der Waals surface area (Å²) in [5.74, 6) is 0.369. The van der Waals surface area contributed by atoms with E-state index in [1.807, 2.05) is 24.3 Å². The third-order valence-electron chi connectivity index (χ3n) is 2.72. The molecule has 3 nitrogen and oxygen atoms in total. The molecule has 0 aliphatic heterocycles. The van der Waals surface area contributed by atoms with E-state index in [1.165, 1.54) is 23.5 Å². The molecule has 0 spiro atoms. The number of carbonyl (C=O) groups is 1. The summed E-state index contributed by atoms with van der Waals surface area (Å²) < 4.78 is 0. The van der Waals surface area contributed by atoms with Gasteiger partial charge >= 0.3 is 0 Å². The second-order valence-corrected chi connectivity index (χ2v) is 7.15. The Morgan fingerprint density at radius 2 is 1.78 bits per heavy atom. The number of para-hydroxylation sites is 1. The molecule has 0 bridgehead atoms. The zero-order valence-electron chi connectivity index (χ0n) is 11.9. The molecule has 0 heterocycles. The number of nitriles is 1. The molecule has 0 aliphatic carbocycles. The summed E-state index contributed by atoms with van der Waals surface area (Å²) in [6, 6.07) is 14.7. The van der Waals surface area contributed by atoms with Crippen molar-refractivity contribution in [2.24, 2.45) is 0 Å². The van der Waals surface area contributed by atoms with Gasteiger partial charge in [-0.05, 0) is 24.3 Å². The largest absolute Gasteiger partial charge is 0.324 e. The van der Waals surface area contributed by atoms with E-state index in [2.05, 4.69) is 11.4 Å². The Morgan fingerprint density at radius 1 is 1.09 bits per heavy atom. The molecule has 23 heavy (non-hydrogen) atoms. The Bertz CT molecular complexity index is 727. The third-order valence-corrected chi connectivity index (χ3v) is 5.65. The number of hydrogen-bond donors (Lipinski definition) is 1. The number of halogens is 2. The lowest BCUT2D eigenvalue weighted by atomic mass is 10.3. The first kappa shape index (κ1) is 18.0. The lowest BCUT2D eigenvalue weighted by Crippen LogP contribution is -2.14. The highest BCUT2D eigenvalue weighted by atomic mass is 35.5. The van der Waals surface area contributed by atoms with Crippen molar-refractivity contribution in [2.75, 3.05) is 16.8 Å². The van der Waals surface area contributed by atoms with Gasteiger partial charge in [0.1, 0.15) is 0 Å². The highest BCUT2D eigenvalue weighted by Gasteiger charge is 2.11. The van der Waals surface area contributed by atoms with Gasteiger partial charge in [-0.1, -0.05) is 41.4 Å². The predicted octanol–water partition coefficient (Wildman–Crippen LogP) is 5.34. The average Bonchev–Trinajstić information content (AvgIpc) is 2.53. The molecule has 2 rings (SSSR count). The van der Waals surface area contributed by atoms with Crippen LogP contribution >= 0.6 is 46.7 Å². The van der Waals surface area contributed by atoms with Crippen LogP contribution in [-0.4, -0.2) is 17.4 Å². The van der Waals surface area contributed by atoms with Gasteiger partial charge < -0.3 is 5.32 Å². The Morgan fingerprint density at radius 3 is 2.48 bits per heavy atom. The van der Waals surface area contributed by atoms with Crippen molar-refractivity contribution in [1.82, 2.24) is 0 Å². The van der Waals surface area contributed by atoms with E-state index < -0.39 is 0 Å². The van der Waals surface area contributed by atoms with Gasteiger partial charge in [-0.25, -0.2) is 0 Å². The topological polar surface area (TPSA) is 52.9 Å². The van der Waals surface area contributed by atoms with E-state index in [-0.39, 0.29) is 11.7 Å². The van der Waals surface area contributed by atoms with Crippen LogP contribution < -0.4 is 5.32 Å². The Balaban J connectivity index is 1.99. The molecule has 7 heteroatoms. The van der Waals surface area contributed by atoms with Crippen molar-refractivity contribution in [2.45, 2.75) is 9.79 Å². The monoisotopic (exact) mass is 382 g/mol. The number of rotatable bonds is 6. The van der Waals surface area contributed by atoms with Gasteiger partial charge in [0.25, 0.3) is 0 Å². The molecule has 118 valence electrons. The number of nitrogens with zero attached hydrogens (tertiary/aromatic N) is 1. The van der Waals surface area contributed by atoms with Gasteiger partial charge in [0.05, 0.1) is 33.3 Å². The molecule has 0 aromatic heterocycles. The van der Waals surface area contributed by atoms with Crippen LogP contribution in [-0.2, 0) is 4.79 Å². The molecule has 1 amide bonds. The smallest absolute Gasteiger partial charge is 0.234 e. The molecular formula is C16H12Cl2N2OS2. The fourth-order valence-corrected chi connectivity index (χ4v) is 3.90. The van der Waals surface area contributed by atoms with Crippen LogP contribution in [0.1, 0.15) is 0 Å². The van der Waals surface area contributed by atoms with E-state index >= 15 is 0 Å². The summed E-state index contributed by atoms with van der Waals surface area (Å²) in [7, 11) is 0. The SMILES string of the molecule is N#CCSc1ccccc1NC(=O)CSc1c(Cl)cccc1Cl. The zero-order chi connectivity index (χ0) is 16.7. The second-order valence-electron chi connectivity index (χ2n) is 4.33. The van der Waals surface area contributed by atoms with E-state index in [1.54, 1.807) is 18.2 Å². The van der Waals surface area contributed by atoms with Gasteiger partial charge in [0, 0.05) is 9.79 Å². The Labute approximate surface area is 153 Å². The van der Waals surface area contributed by atoms with Crippen LogP contribution in [0.2, 0.25) is 10.0 Å². The molecule has 2 aromatic rings. The molecule has 0 radical (unpaired) electrons. The van der Waals surface area contributed by atoms with E-state index in [0.717, 1.165) is 4.90 Å². The minimum Gasteiger partial charge on any atom is -0.324 e. The maximum Gasteiger partial charge on any atom is 0.234 e. The van der Waals surface area contributed by atoms with E-state index in [4.69, 9.17) is 28.5 Å². The highest BCUT2D eigenvalue weighted by Crippen LogP contribution is 2.34. The maximum atomic E-state index is 12.1. The van der Waals surface area contributed by atoms with Crippen LogP contribution in [0.3, 0.4) is 0 Å². The Kier molecular flexibility index (Phi) is 7.13. The van der Waals surface area contributed by atoms with Crippen LogP contribution in [0.4, 0.5) is 5.69 Å². The van der Waals surface area contributed by atoms with Crippen molar-refractivity contribution in [3.8, 4) is 6.07 Å². The molecular weight excluding hydrogens is 371 g/mol. The van der Waals surface area contributed by atoms with Crippen LogP contribution in [0, 0.1) is 11.3 Å².